The third-order valence-corrected chi connectivity index (χ3v) is 5.45. The molecule has 0 aliphatic carbocycles. The van der Waals surface area contributed by atoms with Crippen LogP contribution in [-0.2, 0) is 4.79 Å². The number of rotatable bonds is 4. The van der Waals surface area contributed by atoms with Crippen LogP contribution in [-0.4, -0.2) is 54.7 Å². The molecule has 1 fully saturated rings. The number of likely N-dealkylation sites (tertiary alicyclic amines) is 1. The number of amides is 3. The fraction of sp³-hybridized carbons (Fsp3) is 0.350. The molecule has 3 amide bonds. The molecule has 7 heteroatoms. The molecule has 3 rings (SSSR count). The van der Waals surface area contributed by atoms with E-state index in [4.69, 9.17) is 0 Å². The van der Waals surface area contributed by atoms with Crippen LogP contribution in [0.15, 0.2) is 41.8 Å². The molecule has 1 aromatic carbocycles. The van der Waals surface area contributed by atoms with Gasteiger partial charge in [0.1, 0.15) is 0 Å². The molecule has 0 bridgehead atoms. The van der Waals surface area contributed by atoms with Gasteiger partial charge < -0.3 is 15.1 Å². The van der Waals surface area contributed by atoms with Gasteiger partial charge in [0.2, 0.25) is 5.91 Å². The average Bonchev–Trinajstić information content (AvgIpc) is 3.21. The summed E-state index contributed by atoms with van der Waals surface area (Å²) in [5, 5.41) is 4.77. The van der Waals surface area contributed by atoms with Gasteiger partial charge in [0.25, 0.3) is 11.8 Å². The molecule has 1 aromatic heterocycles. The first-order valence-corrected chi connectivity index (χ1v) is 9.79. The molecule has 27 heavy (non-hydrogen) atoms. The Labute approximate surface area is 162 Å². The zero-order valence-electron chi connectivity index (χ0n) is 15.5. The van der Waals surface area contributed by atoms with Crippen molar-refractivity contribution in [1.82, 2.24) is 9.80 Å². The number of carbonyl (C=O) groups is 3. The van der Waals surface area contributed by atoms with E-state index >= 15 is 0 Å². The van der Waals surface area contributed by atoms with Crippen LogP contribution >= 0.6 is 11.3 Å². The zero-order valence-corrected chi connectivity index (χ0v) is 16.3. The van der Waals surface area contributed by atoms with Gasteiger partial charge in [0.15, 0.2) is 0 Å². The first-order chi connectivity index (χ1) is 13.0. The number of nitrogens with one attached hydrogen (secondary N) is 1. The molecule has 1 N–H and O–H groups in total. The first kappa shape index (κ1) is 19.1. The average molecular weight is 385 g/mol. The van der Waals surface area contributed by atoms with Gasteiger partial charge in [0.05, 0.1) is 10.8 Å². The van der Waals surface area contributed by atoms with Crippen molar-refractivity contribution in [1.29, 1.82) is 0 Å². The minimum absolute atomic E-state index is 0.0129. The van der Waals surface area contributed by atoms with Crippen LogP contribution in [0.2, 0.25) is 0 Å². The summed E-state index contributed by atoms with van der Waals surface area (Å²) < 4.78 is 0. The smallest absolute Gasteiger partial charge is 0.263 e. The van der Waals surface area contributed by atoms with Crippen molar-refractivity contribution < 1.29 is 14.4 Å². The zero-order chi connectivity index (χ0) is 19.4. The molecule has 2 aromatic rings. The molecule has 1 atom stereocenters. The highest BCUT2D eigenvalue weighted by molar-refractivity contribution is 7.12. The fourth-order valence-corrected chi connectivity index (χ4v) is 3.85. The van der Waals surface area contributed by atoms with Crippen molar-refractivity contribution in [2.45, 2.75) is 12.8 Å². The number of piperidine rings is 1. The lowest BCUT2D eigenvalue weighted by molar-refractivity contribution is -0.121. The molecule has 2 heterocycles. The third kappa shape index (κ3) is 4.54. The van der Waals surface area contributed by atoms with Crippen molar-refractivity contribution in [2.75, 3.05) is 32.5 Å². The summed E-state index contributed by atoms with van der Waals surface area (Å²) in [6.45, 7) is 1.09. The lowest BCUT2D eigenvalue weighted by Gasteiger charge is -2.31. The molecule has 0 saturated carbocycles. The number of nitrogens with zero attached hydrogens (tertiary/aromatic N) is 2. The van der Waals surface area contributed by atoms with E-state index in [0.29, 0.717) is 29.2 Å². The number of thiophene rings is 1. The van der Waals surface area contributed by atoms with Crippen molar-refractivity contribution >= 4 is 34.7 Å². The maximum atomic E-state index is 12.7. The Morgan fingerprint density at radius 2 is 2.00 bits per heavy atom. The standard InChI is InChI=1S/C20H23N3O3S/c1-22(2)19(25)14-6-3-8-16(12-14)21-18(24)15-7-4-10-23(13-15)20(26)17-9-5-11-27-17/h3,5-6,8-9,11-12,15H,4,7,10,13H2,1-2H3,(H,21,24). The summed E-state index contributed by atoms with van der Waals surface area (Å²) in [6.07, 6.45) is 1.55. The lowest BCUT2D eigenvalue weighted by Crippen LogP contribution is -2.43. The van der Waals surface area contributed by atoms with Crippen LogP contribution < -0.4 is 5.32 Å². The number of hydrogen-bond acceptors (Lipinski definition) is 4. The summed E-state index contributed by atoms with van der Waals surface area (Å²) in [6, 6.07) is 10.6. The molecule has 142 valence electrons. The molecule has 0 radical (unpaired) electrons. The van der Waals surface area contributed by atoms with Gasteiger partial charge in [0, 0.05) is 38.4 Å². The monoisotopic (exact) mass is 385 g/mol. The van der Waals surface area contributed by atoms with Gasteiger partial charge in [-0.2, -0.15) is 0 Å². The van der Waals surface area contributed by atoms with Crippen molar-refractivity contribution in [2.24, 2.45) is 5.92 Å². The normalized spacial score (nSPS) is 16.7. The van der Waals surface area contributed by atoms with Crippen molar-refractivity contribution in [3.05, 3.63) is 52.2 Å². The quantitative estimate of drug-likeness (QED) is 0.880. The van der Waals surface area contributed by atoms with E-state index in [9.17, 15) is 14.4 Å². The Bertz CT molecular complexity index is 833. The highest BCUT2D eigenvalue weighted by atomic mass is 32.1. The minimum Gasteiger partial charge on any atom is -0.345 e. The number of hydrogen-bond donors (Lipinski definition) is 1. The fourth-order valence-electron chi connectivity index (χ4n) is 3.16. The van der Waals surface area contributed by atoms with Crippen LogP contribution in [0.5, 0.6) is 0 Å². The van der Waals surface area contributed by atoms with Crippen molar-refractivity contribution in [3.8, 4) is 0 Å². The van der Waals surface area contributed by atoms with Crippen LogP contribution in [0.4, 0.5) is 5.69 Å². The maximum absolute atomic E-state index is 12.7. The van der Waals surface area contributed by atoms with E-state index in [1.165, 1.54) is 16.2 Å². The molecule has 1 aliphatic heterocycles. The van der Waals surface area contributed by atoms with Gasteiger partial charge >= 0.3 is 0 Å². The second-order valence-corrected chi connectivity index (χ2v) is 7.78. The van der Waals surface area contributed by atoms with Crippen LogP contribution in [0.25, 0.3) is 0 Å². The van der Waals surface area contributed by atoms with Crippen LogP contribution in [0.3, 0.4) is 0 Å². The second-order valence-electron chi connectivity index (χ2n) is 6.84. The van der Waals surface area contributed by atoms with E-state index in [1.54, 1.807) is 43.3 Å². The summed E-state index contributed by atoms with van der Waals surface area (Å²) >= 11 is 1.42. The molecule has 1 unspecified atom stereocenters. The Kier molecular flexibility index (Phi) is 5.91. The van der Waals surface area contributed by atoms with E-state index < -0.39 is 0 Å². The molecular weight excluding hydrogens is 362 g/mol. The minimum atomic E-state index is -0.254. The summed E-state index contributed by atoms with van der Waals surface area (Å²) in [5.41, 5.74) is 1.12. The van der Waals surface area contributed by atoms with Crippen LogP contribution in [0.1, 0.15) is 32.9 Å². The second kappa shape index (κ2) is 8.35. The van der Waals surface area contributed by atoms with E-state index in [2.05, 4.69) is 5.32 Å². The highest BCUT2D eigenvalue weighted by Crippen LogP contribution is 2.22. The molecule has 6 nitrogen and oxygen atoms in total. The van der Waals surface area contributed by atoms with Crippen molar-refractivity contribution in [3.63, 3.8) is 0 Å². The van der Waals surface area contributed by atoms with Gasteiger partial charge in [-0.3, -0.25) is 14.4 Å². The third-order valence-electron chi connectivity index (χ3n) is 4.59. The van der Waals surface area contributed by atoms with E-state index in [0.717, 1.165) is 12.8 Å². The molecule has 1 aliphatic rings. The lowest BCUT2D eigenvalue weighted by atomic mass is 9.96. The number of anilines is 1. The van der Waals surface area contributed by atoms with Crippen LogP contribution in [0, 0.1) is 5.92 Å². The molecular formula is C20H23N3O3S. The Hall–Kier alpha value is -2.67. The summed E-state index contributed by atoms with van der Waals surface area (Å²) in [7, 11) is 3.38. The van der Waals surface area contributed by atoms with Gasteiger partial charge in [-0.25, -0.2) is 0 Å². The maximum Gasteiger partial charge on any atom is 0.263 e. The summed E-state index contributed by atoms with van der Waals surface area (Å²) in [4.78, 5) is 41.3. The number of carbonyl (C=O) groups excluding carboxylic acids is 3. The van der Waals surface area contributed by atoms with Gasteiger partial charge in [-0.1, -0.05) is 12.1 Å². The van der Waals surface area contributed by atoms with Gasteiger partial charge in [-0.15, -0.1) is 11.3 Å². The molecule has 0 spiro atoms. The van der Waals surface area contributed by atoms with Gasteiger partial charge in [-0.05, 0) is 42.5 Å². The largest absolute Gasteiger partial charge is 0.345 e. The molecule has 1 saturated heterocycles. The van der Waals surface area contributed by atoms with E-state index in [1.807, 2.05) is 17.5 Å². The Morgan fingerprint density at radius 1 is 1.19 bits per heavy atom. The Balaban J connectivity index is 1.65. The summed E-state index contributed by atoms with van der Waals surface area (Å²) in [5.74, 6) is -0.499. The topological polar surface area (TPSA) is 69.7 Å². The highest BCUT2D eigenvalue weighted by Gasteiger charge is 2.29. The van der Waals surface area contributed by atoms with E-state index in [-0.39, 0.29) is 23.6 Å². The Morgan fingerprint density at radius 3 is 2.70 bits per heavy atom. The SMILES string of the molecule is CN(C)C(=O)c1cccc(NC(=O)C2CCCN(C(=O)c3cccs3)C2)c1. The first-order valence-electron chi connectivity index (χ1n) is 8.91. The predicted molar refractivity (Wildman–Crippen MR) is 106 cm³/mol. The number of benzene rings is 1. The predicted octanol–water partition coefficient (Wildman–Crippen LogP) is 2.94.